The number of allylic oxidation sites excluding steroid dienone is 1. The standard InChI is InChI=1S/C20H19ClO5/c21-16-9-3-1-7-14(16)20-25-12-13(6-5-11-18(23)24)19(26-20)15-8-2-4-10-17(15)22/h1-5,7-11,13,19-20,22H,6,12H2,(H,23,24)/t13-,19?,20+/m1/s1. The number of rotatable bonds is 5. The van der Waals surface area contributed by atoms with Gasteiger partial charge in [0.25, 0.3) is 0 Å². The van der Waals surface area contributed by atoms with Crippen molar-refractivity contribution in [1.29, 1.82) is 0 Å². The van der Waals surface area contributed by atoms with Gasteiger partial charge in [0.1, 0.15) is 5.75 Å². The number of carbonyl (C=O) groups is 1. The Kier molecular flexibility index (Phi) is 5.93. The molecule has 3 rings (SSSR count). The highest BCUT2D eigenvalue weighted by molar-refractivity contribution is 6.31. The van der Waals surface area contributed by atoms with Gasteiger partial charge in [0, 0.05) is 28.1 Å². The van der Waals surface area contributed by atoms with Crippen LogP contribution in [-0.4, -0.2) is 22.8 Å². The lowest BCUT2D eigenvalue weighted by molar-refractivity contribution is -0.244. The lowest BCUT2D eigenvalue weighted by atomic mass is 9.91. The van der Waals surface area contributed by atoms with Crippen molar-refractivity contribution in [1.82, 2.24) is 0 Å². The number of carboxylic acids is 1. The molecular weight excluding hydrogens is 356 g/mol. The molecule has 26 heavy (non-hydrogen) atoms. The maximum atomic E-state index is 10.7. The van der Waals surface area contributed by atoms with E-state index in [9.17, 15) is 9.90 Å². The SMILES string of the molecule is O=C(O)C=CC[C@@H]1CO[C@H](c2ccccc2Cl)OC1c1ccccc1O. The smallest absolute Gasteiger partial charge is 0.327 e. The summed E-state index contributed by atoms with van der Waals surface area (Å²) in [5.74, 6) is -1.02. The molecule has 2 aromatic rings. The van der Waals surface area contributed by atoms with Gasteiger partial charge in [-0.3, -0.25) is 0 Å². The Morgan fingerprint density at radius 3 is 2.54 bits per heavy atom. The number of halogens is 1. The molecule has 0 bridgehead atoms. The molecule has 3 atom stereocenters. The van der Waals surface area contributed by atoms with Crippen LogP contribution in [0.15, 0.2) is 60.7 Å². The molecule has 6 heteroatoms. The van der Waals surface area contributed by atoms with Crippen LogP contribution in [0.4, 0.5) is 0 Å². The summed E-state index contributed by atoms with van der Waals surface area (Å²) >= 11 is 6.25. The minimum absolute atomic E-state index is 0.129. The predicted molar refractivity (Wildman–Crippen MR) is 97.0 cm³/mol. The third-order valence-corrected chi connectivity index (χ3v) is 4.61. The monoisotopic (exact) mass is 374 g/mol. The van der Waals surface area contributed by atoms with Crippen LogP contribution in [0.25, 0.3) is 0 Å². The fraction of sp³-hybridized carbons (Fsp3) is 0.250. The van der Waals surface area contributed by atoms with Crippen molar-refractivity contribution in [2.24, 2.45) is 5.92 Å². The Balaban J connectivity index is 1.87. The van der Waals surface area contributed by atoms with E-state index >= 15 is 0 Å². The molecule has 1 fully saturated rings. The van der Waals surface area contributed by atoms with Crippen LogP contribution in [-0.2, 0) is 14.3 Å². The van der Waals surface area contributed by atoms with E-state index in [0.717, 1.165) is 6.08 Å². The van der Waals surface area contributed by atoms with Gasteiger partial charge in [0.15, 0.2) is 6.29 Å². The summed E-state index contributed by atoms with van der Waals surface area (Å²) in [6.07, 6.45) is 2.00. The molecule has 0 amide bonds. The lowest BCUT2D eigenvalue weighted by Crippen LogP contribution is -2.30. The zero-order valence-corrected chi connectivity index (χ0v) is 14.7. The average molecular weight is 375 g/mol. The van der Waals surface area contributed by atoms with E-state index in [2.05, 4.69) is 0 Å². The van der Waals surface area contributed by atoms with Gasteiger partial charge in [-0.15, -0.1) is 0 Å². The normalized spacial score (nSPS) is 23.2. The van der Waals surface area contributed by atoms with Crippen LogP contribution in [0.5, 0.6) is 5.75 Å². The van der Waals surface area contributed by atoms with Crippen LogP contribution >= 0.6 is 11.6 Å². The van der Waals surface area contributed by atoms with Crippen molar-refractivity contribution >= 4 is 17.6 Å². The van der Waals surface area contributed by atoms with Gasteiger partial charge < -0.3 is 19.7 Å². The minimum Gasteiger partial charge on any atom is -0.508 e. The zero-order chi connectivity index (χ0) is 18.5. The van der Waals surface area contributed by atoms with Crippen LogP contribution in [0.2, 0.25) is 5.02 Å². The first-order chi connectivity index (χ1) is 12.6. The van der Waals surface area contributed by atoms with E-state index in [0.29, 0.717) is 29.2 Å². The largest absolute Gasteiger partial charge is 0.508 e. The van der Waals surface area contributed by atoms with Gasteiger partial charge in [0.05, 0.1) is 12.7 Å². The second-order valence-corrected chi connectivity index (χ2v) is 6.45. The molecule has 5 nitrogen and oxygen atoms in total. The Labute approximate surface area is 156 Å². The fourth-order valence-corrected chi connectivity index (χ4v) is 3.23. The van der Waals surface area contributed by atoms with Gasteiger partial charge in [-0.25, -0.2) is 4.79 Å². The Morgan fingerprint density at radius 2 is 1.85 bits per heavy atom. The van der Waals surface area contributed by atoms with Gasteiger partial charge in [0.2, 0.25) is 0 Å². The van der Waals surface area contributed by atoms with Gasteiger partial charge in [-0.05, 0) is 18.6 Å². The Hall–Kier alpha value is -2.34. The molecule has 1 heterocycles. The number of aromatic hydroxyl groups is 1. The average Bonchev–Trinajstić information content (AvgIpc) is 2.63. The number of hydrogen-bond donors (Lipinski definition) is 2. The summed E-state index contributed by atoms with van der Waals surface area (Å²) in [4.78, 5) is 10.7. The highest BCUT2D eigenvalue weighted by Gasteiger charge is 2.35. The molecule has 1 aliphatic heterocycles. The summed E-state index contributed by atoms with van der Waals surface area (Å²) in [6.45, 7) is 0.346. The Bertz CT molecular complexity index is 804. The van der Waals surface area contributed by atoms with Crippen molar-refractivity contribution in [3.63, 3.8) is 0 Å². The quantitative estimate of drug-likeness (QED) is 0.754. The van der Waals surface area contributed by atoms with E-state index < -0.39 is 18.4 Å². The molecule has 0 saturated carbocycles. The van der Waals surface area contributed by atoms with Gasteiger partial charge >= 0.3 is 5.97 Å². The molecule has 2 aromatic carbocycles. The van der Waals surface area contributed by atoms with Crippen molar-refractivity contribution in [3.8, 4) is 5.75 Å². The Morgan fingerprint density at radius 1 is 1.15 bits per heavy atom. The lowest BCUT2D eigenvalue weighted by Gasteiger charge is -2.37. The van der Waals surface area contributed by atoms with Gasteiger partial charge in [-0.2, -0.15) is 0 Å². The van der Waals surface area contributed by atoms with Crippen molar-refractivity contribution < 1.29 is 24.5 Å². The van der Waals surface area contributed by atoms with Crippen molar-refractivity contribution in [3.05, 3.63) is 76.8 Å². The molecule has 2 N–H and O–H groups in total. The number of aliphatic carboxylic acids is 1. The summed E-state index contributed by atoms with van der Waals surface area (Å²) in [5, 5.41) is 19.6. The maximum absolute atomic E-state index is 10.7. The van der Waals surface area contributed by atoms with E-state index in [1.807, 2.05) is 24.3 Å². The fourth-order valence-electron chi connectivity index (χ4n) is 3.00. The number of ether oxygens (including phenoxy) is 2. The number of para-hydroxylation sites is 1. The molecule has 0 aliphatic carbocycles. The third kappa shape index (κ3) is 4.25. The second kappa shape index (κ2) is 8.36. The van der Waals surface area contributed by atoms with Crippen LogP contribution in [0, 0.1) is 5.92 Å². The van der Waals surface area contributed by atoms with Crippen LogP contribution < -0.4 is 0 Å². The molecule has 0 radical (unpaired) electrons. The molecule has 136 valence electrons. The maximum Gasteiger partial charge on any atom is 0.327 e. The molecule has 0 spiro atoms. The molecule has 1 aliphatic rings. The van der Waals surface area contributed by atoms with Crippen molar-refractivity contribution in [2.45, 2.75) is 18.8 Å². The number of phenols is 1. The number of hydrogen-bond acceptors (Lipinski definition) is 4. The topological polar surface area (TPSA) is 76.0 Å². The highest BCUT2D eigenvalue weighted by atomic mass is 35.5. The van der Waals surface area contributed by atoms with Gasteiger partial charge in [-0.1, -0.05) is 54.1 Å². The highest BCUT2D eigenvalue weighted by Crippen LogP contribution is 2.43. The molecule has 1 saturated heterocycles. The van der Waals surface area contributed by atoms with Crippen LogP contribution in [0.1, 0.15) is 29.9 Å². The van der Waals surface area contributed by atoms with E-state index in [1.54, 1.807) is 30.3 Å². The molecule has 0 aromatic heterocycles. The first-order valence-electron chi connectivity index (χ1n) is 8.25. The summed E-state index contributed by atoms with van der Waals surface area (Å²) in [7, 11) is 0. The first kappa shape index (κ1) is 18.5. The van der Waals surface area contributed by atoms with E-state index in [4.69, 9.17) is 26.2 Å². The summed E-state index contributed by atoms with van der Waals surface area (Å²) < 4.78 is 12.0. The predicted octanol–water partition coefficient (Wildman–Crippen LogP) is 4.48. The molecular formula is C20H19ClO5. The van der Waals surface area contributed by atoms with E-state index in [-0.39, 0.29) is 11.7 Å². The summed E-state index contributed by atoms with van der Waals surface area (Å²) in [5.41, 5.74) is 1.36. The number of phenolic OH excluding ortho intramolecular Hbond substituents is 1. The summed E-state index contributed by atoms with van der Waals surface area (Å²) in [6, 6.07) is 14.2. The number of benzene rings is 2. The number of carboxylic acid groups (broad SMARTS) is 1. The van der Waals surface area contributed by atoms with Crippen molar-refractivity contribution in [2.75, 3.05) is 6.61 Å². The first-order valence-corrected chi connectivity index (χ1v) is 8.63. The molecule has 1 unspecified atom stereocenters. The third-order valence-electron chi connectivity index (χ3n) is 4.26. The minimum atomic E-state index is -1.00. The van der Waals surface area contributed by atoms with Crippen LogP contribution in [0.3, 0.4) is 0 Å². The zero-order valence-electron chi connectivity index (χ0n) is 13.9. The second-order valence-electron chi connectivity index (χ2n) is 6.04. The van der Waals surface area contributed by atoms with E-state index in [1.165, 1.54) is 0 Å².